The summed E-state index contributed by atoms with van der Waals surface area (Å²) in [6.07, 6.45) is 1.02. The van der Waals surface area contributed by atoms with Crippen LogP contribution in [0.25, 0.3) is 0 Å². The van der Waals surface area contributed by atoms with Gasteiger partial charge in [-0.3, -0.25) is 0 Å². The van der Waals surface area contributed by atoms with Gasteiger partial charge in [-0.2, -0.15) is 0 Å². The molecule has 0 aliphatic carbocycles. The predicted molar refractivity (Wildman–Crippen MR) is 95.6 cm³/mol. The topological polar surface area (TPSA) is 73.9 Å². The summed E-state index contributed by atoms with van der Waals surface area (Å²) < 4.78 is 16.1. The van der Waals surface area contributed by atoms with E-state index in [1.165, 1.54) is 0 Å². The van der Waals surface area contributed by atoms with Crippen LogP contribution in [0.2, 0.25) is 5.02 Å². The Morgan fingerprint density at radius 1 is 0.958 bits per heavy atom. The number of hydrogen-bond donors (Lipinski definition) is 2. The maximum absolute atomic E-state index is 9.16. The molecule has 0 atom stereocenters. The van der Waals surface area contributed by atoms with Gasteiger partial charge in [0.05, 0.1) is 21.3 Å². The third-order valence-corrected chi connectivity index (χ3v) is 4.03. The summed E-state index contributed by atoms with van der Waals surface area (Å²) in [5.41, 5.74) is 9.55. The Morgan fingerprint density at radius 3 is 2.04 bits per heavy atom. The third-order valence-electron chi connectivity index (χ3n) is 3.82. The molecule has 0 spiro atoms. The number of anilines is 1. The van der Waals surface area contributed by atoms with Crippen LogP contribution < -0.4 is 19.9 Å². The molecule has 0 unspecified atom stereocenters. The summed E-state index contributed by atoms with van der Waals surface area (Å²) in [7, 11) is 4.72. The molecule has 0 aliphatic rings. The van der Waals surface area contributed by atoms with Crippen molar-refractivity contribution in [1.29, 1.82) is 0 Å². The van der Waals surface area contributed by atoms with Crippen molar-refractivity contribution in [2.75, 3.05) is 33.7 Å². The molecule has 0 bridgehead atoms. The zero-order valence-corrected chi connectivity index (χ0v) is 14.8. The highest BCUT2D eigenvalue weighted by Gasteiger charge is 2.15. The highest BCUT2D eigenvalue weighted by Crippen LogP contribution is 2.39. The van der Waals surface area contributed by atoms with Crippen molar-refractivity contribution in [3.63, 3.8) is 0 Å². The van der Waals surface area contributed by atoms with Crippen LogP contribution >= 0.6 is 11.6 Å². The Kier molecular flexibility index (Phi) is 6.17. The number of nitrogen functional groups attached to an aromatic ring is 1. The summed E-state index contributed by atoms with van der Waals surface area (Å²) >= 11 is 6.18. The minimum atomic E-state index is 0.0220. The van der Waals surface area contributed by atoms with Crippen LogP contribution in [0, 0.1) is 0 Å². The monoisotopic (exact) mass is 351 g/mol. The minimum absolute atomic E-state index is 0.0220. The Balaban J connectivity index is 2.44. The molecule has 0 amide bonds. The molecule has 0 radical (unpaired) electrons. The highest BCUT2D eigenvalue weighted by molar-refractivity contribution is 6.30. The van der Waals surface area contributed by atoms with Crippen molar-refractivity contribution < 1.29 is 19.3 Å². The van der Waals surface area contributed by atoms with Gasteiger partial charge in [-0.1, -0.05) is 11.6 Å². The molecule has 3 N–H and O–H groups in total. The Labute approximate surface area is 146 Å². The molecule has 0 fully saturated rings. The molecule has 2 rings (SSSR count). The van der Waals surface area contributed by atoms with Crippen LogP contribution in [0.3, 0.4) is 0 Å². The number of aliphatic hydroxyl groups is 1. The van der Waals surface area contributed by atoms with Crippen molar-refractivity contribution in [2.24, 2.45) is 0 Å². The van der Waals surface area contributed by atoms with Crippen molar-refractivity contribution in [3.8, 4) is 17.2 Å². The van der Waals surface area contributed by atoms with E-state index in [1.807, 2.05) is 18.2 Å². The van der Waals surface area contributed by atoms with E-state index in [9.17, 15) is 0 Å². The first kappa shape index (κ1) is 18.2. The Bertz CT molecular complexity index is 693. The number of halogens is 1. The first-order valence-corrected chi connectivity index (χ1v) is 7.88. The first-order chi connectivity index (χ1) is 11.5. The van der Waals surface area contributed by atoms with Gasteiger partial charge in [-0.15, -0.1) is 0 Å². The number of ether oxygens (including phenoxy) is 3. The lowest BCUT2D eigenvalue weighted by Crippen LogP contribution is -2.04. The second kappa shape index (κ2) is 8.13. The van der Waals surface area contributed by atoms with Gasteiger partial charge in [0.1, 0.15) is 0 Å². The standard InChI is InChI=1S/C18H22ClNO4/c1-22-15-7-11(8-16(23-2)18(15)24-3)6-13-10-14(19)9-12(4-5-21)17(13)20/h7-10,21H,4-6,20H2,1-3H3. The number of aliphatic hydroxyl groups excluding tert-OH is 1. The van der Waals surface area contributed by atoms with Gasteiger partial charge in [0.2, 0.25) is 5.75 Å². The van der Waals surface area contributed by atoms with Crippen molar-refractivity contribution in [2.45, 2.75) is 12.8 Å². The molecule has 2 aromatic rings. The predicted octanol–water partition coefficient (Wildman–Crippen LogP) is 3.07. The number of hydrogen-bond acceptors (Lipinski definition) is 5. The maximum Gasteiger partial charge on any atom is 0.203 e. The van der Waals surface area contributed by atoms with E-state index in [1.54, 1.807) is 27.4 Å². The lowest BCUT2D eigenvalue weighted by molar-refractivity contribution is 0.300. The zero-order chi connectivity index (χ0) is 17.7. The normalized spacial score (nSPS) is 10.5. The molecule has 2 aromatic carbocycles. The van der Waals surface area contributed by atoms with Gasteiger partial charge in [0.15, 0.2) is 11.5 Å². The second-order valence-corrected chi connectivity index (χ2v) is 5.76. The SMILES string of the molecule is COc1cc(Cc2cc(Cl)cc(CCO)c2N)cc(OC)c1OC. The van der Waals surface area contributed by atoms with E-state index in [0.717, 1.165) is 16.7 Å². The van der Waals surface area contributed by atoms with E-state index < -0.39 is 0 Å². The average molecular weight is 352 g/mol. The molecule has 0 heterocycles. The first-order valence-electron chi connectivity index (χ1n) is 7.50. The molecule has 0 aromatic heterocycles. The lowest BCUT2D eigenvalue weighted by Gasteiger charge is -2.16. The van der Waals surface area contributed by atoms with Gasteiger partial charge in [-0.05, 0) is 53.8 Å². The smallest absolute Gasteiger partial charge is 0.203 e. The van der Waals surface area contributed by atoms with Crippen LogP contribution in [0.1, 0.15) is 16.7 Å². The second-order valence-electron chi connectivity index (χ2n) is 5.32. The fourth-order valence-electron chi connectivity index (χ4n) is 2.67. The van der Waals surface area contributed by atoms with Crippen LogP contribution in [-0.4, -0.2) is 33.0 Å². The Morgan fingerprint density at radius 2 is 1.54 bits per heavy atom. The number of rotatable bonds is 7. The molecule has 0 saturated heterocycles. The average Bonchev–Trinajstić information content (AvgIpc) is 2.58. The van der Waals surface area contributed by atoms with Crippen molar-refractivity contribution >= 4 is 17.3 Å². The number of methoxy groups -OCH3 is 3. The molecule has 5 nitrogen and oxygen atoms in total. The number of nitrogens with two attached hydrogens (primary N) is 1. The van der Waals surface area contributed by atoms with E-state index >= 15 is 0 Å². The van der Waals surface area contributed by atoms with Gasteiger partial charge in [-0.25, -0.2) is 0 Å². The van der Waals surface area contributed by atoms with Crippen molar-refractivity contribution in [3.05, 3.63) is 46.0 Å². The summed E-state index contributed by atoms with van der Waals surface area (Å²) in [4.78, 5) is 0. The minimum Gasteiger partial charge on any atom is -0.493 e. The third kappa shape index (κ3) is 3.86. The molecule has 0 aliphatic heterocycles. The summed E-state index contributed by atoms with van der Waals surface area (Å²) in [5, 5.41) is 9.76. The van der Waals surface area contributed by atoms with Crippen LogP contribution in [0.15, 0.2) is 24.3 Å². The molecule has 0 saturated carbocycles. The lowest BCUT2D eigenvalue weighted by atomic mass is 9.98. The van der Waals surface area contributed by atoms with Crippen molar-refractivity contribution in [1.82, 2.24) is 0 Å². The molecular formula is C18H22ClNO4. The molecule has 6 heteroatoms. The van der Waals surface area contributed by atoms with E-state index in [4.69, 9.17) is 36.7 Å². The molecule has 24 heavy (non-hydrogen) atoms. The van der Waals surface area contributed by atoms with E-state index in [0.29, 0.717) is 40.8 Å². The van der Waals surface area contributed by atoms with Crippen LogP contribution in [0.5, 0.6) is 17.2 Å². The quantitative estimate of drug-likeness (QED) is 0.750. The van der Waals surface area contributed by atoms with Gasteiger partial charge in [0.25, 0.3) is 0 Å². The summed E-state index contributed by atoms with van der Waals surface area (Å²) in [6, 6.07) is 7.38. The Hall–Kier alpha value is -2.11. The van der Waals surface area contributed by atoms with Gasteiger partial charge >= 0.3 is 0 Å². The summed E-state index contributed by atoms with van der Waals surface area (Å²) in [6.45, 7) is 0.0220. The highest BCUT2D eigenvalue weighted by atomic mass is 35.5. The van der Waals surface area contributed by atoms with Gasteiger partial charge < -0.3 is 25.1 Å². The number of benzene rings is 2. The summed E-state index contributed by atoms with van der Waals surface area (Å²) in [5.74, 6) is 1.72. The fraction of sp³-hybridized carbons (Fsp3) is 0.333. The molecule has 130 valence electrons. The van der Waals surface area contributed by atoms with E-state index in [2.05, 4.69) is 0 Å². The van der Waals surface area contributed by atoms with Crippen LogP contribution in [-0.2, 0) is 12.8 Å². The van der Waals surface area contributed by atoms with E-state index in [-0.39, 0.29) is 6.61 Å². The molecular weight excluding hydrogens is 330 g/mol. The fourth-order valence-corrected chi connectivity index (χ4v) is 2.93. The maximum atomic E-state index is 9.16. The van der Waals surface area contributed by atoms with Gasteiger partial charge in [0, 0.05) is 17.3 Å². The largest absolute Gasteiger partial charge is 0.493 e. The zero-order valence-electron chi connectivity index (χ0n) is 14.1. The van der Waals surface area contributed by atoms with Crippen LogP contribution in [0.4, 0.5) is 5.69 Å².